The van der Waals surface area contributed by atoms with Crippen LogP contribution in [0.5, 0.6) is 11.6 Å². The minimum Gasteiger partial charge on any atom is -0.477 e. The number of aromatic nitrogens is 1. The average Bonchev–Trinajstić information content (AvgIpc) is 2.34. The van der Waals surface area contributed by atoms with Crippen LogP contribution in [0.3, 0.4) is 0 Å². The van der Waals surface area contributed by atoms with Crippen LogP contribution in [0.1, 0.15) is 21.5 Å². The Bertz CT molecular complexity index is 593. The molecule has 1 aromatic heterocycles. The van der Waals surface area contributed by atoms with Crippen molar-refractivity contribution < 1.29 is 14.6 Å². The molecule has 0 bridgehead atoms. The fourth-order valence-electron chi connectivity index (χ4n) is 1.56. The summed E-state index contributed by atoms with van der Waals surface area (Å²) in [6, 6.07) is 8.79. The van der Waals surface area contributed by atoms with Gasteiger partial charge in [-0.05, 0) is 43.2 Å². The minimum absolute atomic E-state index is 0.0541. The van der Waals surface area contributed by atoms with Crippen molar-refractivity contribution in [3.05, 3.63) is 53.2 Å². The molecule has 92 valence electrons. The van der Waals surface area contributed by atoms with Gasteiger partial charge in [-0.25, -0.2) is 9.78 Å². The molecule has 2 rings (SSSR count). The summed E-state index contributed by atoms with van der Waals surface area (Å²) >= 11 is 0. The van der Waals surface area contributed by atoms with Crippen LogP contribution in [-0.2, 0) is 0 Å². The standard InChI is InChI=1S/C14H13NO3/c1-9-5-6-10(2)12(8-9)18-13-11(14(16)17)4-3-7-15-13/h3-8H,1-2H3,(H,16,17). The van der Waals surface area contributed by atoms with E-state index in [-0.39, 0.29) is 11.4 Å². The van der Waals surface area contributed by atoms with Gasteiger partial charge in [0.05, 0.1) is 0 Å². The number of pyridine rings is 1. The predicted octanol–water partition coefficient (Wildman–Crippen LogP) is 3.19. The summed E-state index contributed by atoms with van der Waals surface area (Å²) in [5.41, 5.74) is 2.03. The maximum atomic E-state index is 11.0. The Morgan fingerprint density at radius 1 is 1.28 bits per heavy atom. The second-order valence-corrected chi connectivity index (χ2v) is 4.03. The Kier molecular flexibility index (Phi) is 3.28. The quantitative estimate of drug-likeness (QED) is 0.899. The van der Waals surface area contributed by atoms with Gasteiger partial charge in [0.1, 0.15) is 11.3 Å². The molecule has 1 aromatic carbocycles. The Morgan fingerprint density at radius 3 is 2.78 bits per heavy atom. The highest BCUT2D eigenvalue weighted by atomic mass is 16.5. The number of hydrogen-bond donors (Lipinski definition) is 1. The zero-order valence-electron chi connectivity index (χ0n) is 10.2. The first-order valence-electron chi connectivity index (χ1n) is 5.51. The molecule has 1 N–H and O–H groups in total. The monoisotopic (exact) mass is 243 g/mol. The van der Waals surface area contributed by atoms with Crippen molar-refractivity contribution in [2.75, 3.05) is 0 Å². The SMILES string of the molecule is Cc1ccc(C)c(Oc2ncccc2C(=O)O)c1. The lowest BCUT2D eigenvalue weighted by Gasteiger charge is -2.10. The number of carbonyl (C=O) groups is 1. The normalized spacial score (nSPS) is 10.1. The van der Waals surface area contributed by atoms with Crippen molar-refractivity contribution in [1.29, 1.82) is 0 Å². The van der Waals surface area contributed by atoms with Crippen LogP contribution < -0.4 is 4.74 Å². The molecule has 0 radical (unpaired) electrons. The second kappa shape index (κ2) is 4.87. The summed E-state index contributed by atoms with van der Waals surface area (Å²) in [4.78, 5) is 15.0. The van der Waals surface area contributed by atoms with Crippen LogP contribution in [0.15, 0.2) is 36.5 Å². The van der Waals surface area contributed by atoms with Gasteiger partial charge in [-0.3, -0.25) is 0 Å². The Labute approximate surface area is 105 Å². The zero-order chi connectivity index (χ0) is 13.1. The molecular weight excluding hydrogens is 230 g/mol. The number of nitrogens with zero attached hydrogens (tertiary/aromatic N) is 1. The van der Waals surface area contributed by atoms with E-state index < -0.39 is 5.97 Å². The third-order valence-corrected chi connectivity index (χ3v) is 2.55. The molecule has 1 heterocycles. The van der Waals surface area contributed by atoms with Gasteiger partial charge in [0, 0.05) is 6.20 Å². The van der Waals surface area contributed by atoms with Gasteiger partial charge in [-0.2, -0.15) is 0 Å². The average molecular weight is 243 g/mol. The fraction of sp³-hybridized carbons (Fsp3) is 0.143. The molecule has 0 aliphatic rings. The van der Waals surface area contributed by atoms with Gasteiger partial charge in [-0.1, -0.05) is 12.1 Å². The smallest absolute Gasteiger partial charge is 0.341 e. The van der Waals surface area contributed by atoms with Crippen molar-refractivity contribution in [3.63, 3.8) is 0 Å². The first-order chi connectivity index (χ1) is 8.58. The van der Waals surface area contributed by atoms with E-state index in [0.29, 0.717) is 5.75 Å². The molecule has 0 atom stereocenters. The summed E-state index contributed by atoms with van der Waals surface area (Å²) in [6.07, 6.45) is 1.51. The lowest BCUT2D eigenvalue weighted by molar-refractivity contribution is 0.0693. The van der Waals surface area contributed by atoms with Crippen LogP contribution in [-0.4, -0.2) is 16.1 Å². The van der Waals surface area contributed by atoms with E-state index >= 15 is 0 Å². The molecule has 0 saturated heterocycles. The molecule has 0 aliphatic heterocycles. The van der Waals surface area contributed by atoms with E-state index in [1.54, 1.807) is 6.07 Å². The minimum atomic E-state index is -1.05. The molecule has 0 fully saturated rings. The van der Waals surface area contributed by atoms with E-state index in [9.17, 15) is 4.79 Å². The molecule has 18 heavy (non-hydrogen) atoms. The van der Waals surface area contributed by atoms with Crippen LogP contribution in [0.2, 0.25) is 0 Å². The number of aryl methyl sites for hydroxylation is 2. The van der Waals surface area contributed by atoms with Gasteiger partial charge in [0.25, 0.3) is 0 Å². The lowest BCUT2D eigenvalue weighted by atomic mass is 10.1. The molecule has 2 aromatic rings. The van der Waals surface area contributed by atoms with Gasteiger partial charge in [0.2, 0.25) is 5.88 Å². The number of carboxylic acid groups (broad SMARTS) is 1. The van der Waals surface area contributed by atoms with Crippen molar-refractivity contribution in [3.8, 4) is 11.6 Å². The number of aromatic carboxylic acids is 1. The topological polar surface area (TPSA) is 59.4 Å². The molecule has 0 saturated carbocycles. The molecule has 4 heteroatoms. The Morgan fingerprint density at radius 2 is 2.06 bits per heavy atom. The molecule has 0 unspecified atom stereocenters. The third kappa shape index (κ3) is 2.48. The van der Waals surface area contributed by atoms with Crippen molar-refractivity contribution in [2.24, 2.45) is 0 Å². The van der Waals surface area contributed by atoms with Crippen LogP contribution >= 0.6 is 0 Å². The van der Waals surface area contributed by atoms with Gasteiger partial charge in [0.15, 0.2) is 0 Å². The van der Waals surface area contributed by atoms with Crippen LogP contribution in [0, 0.1) is 13.8 Å². The van der Waals surface area contributed by atoms with E-state index in [1.165, 1.54) is 12.3 Å². The van der Waals surface area contributed by atoms with Gasteiger partial charge >= 0.3 is 5.97 Å². The Balaban J connectivity index is 2.40. The van der Waals surface area contributed by atoms with E-state index in [4.69, 9.17) is 9.84 Å². The van der Waals surface area contributed by atoms with Crippen molar-refractivity contribution >= 4 is 5.97 Å². The van der Waals surface area contributed by atoms with Crippen molar-refractivity contribution in [2.45, 2.75) is 13.8 Å². The number of rotatable bonds is 3. The fourth-order valence-corrected chi connectivity index (χ4v) is 1.56. The summed E-state index contributed by atoms with van der Waals surface area (Å²) in [6.45, 7) is 3.85. The summed E-state index contributed by atoms with van der Waals surface area (Å²) in [7, 11) is 0. The van der Waals surface area contributed by atoms with Gasteiger partial charge in [-0.15, -0.1) is 0 Å². The molecule has 0 aliphatic carbocycles. The first-order valence-corrected chi connectivity index (χ1v) is 5.51. The number of carboxylic acids is 1. The first kappa shape index (κ1) is 12.1. The number of hydrogen-bond acceptors (Lipinski definition) is 3. The van der Waals surface area contributed by atoms with Gasteiger partial charge < -0.3 is 9.84 Å². The molecule has 0 amide bonds. The van der Waals surface area contributed by atoms with Crippen molar-refractivity contribution in [1.82, 2.24) is 4.98 Å². The maximum absolute atomic E-state index is 11.0. The van der Waals surface area contributed by atoms with E-state index in [2.05, 4.69) is 4.98 Å². The molecular formula is C14H13NO3. The highest BCUT2D eigenvalue weighted by molar-refractivity contribution is 5.90. The maximum Gasteiger partial charge on any atom is 0.341 e. The van der Waals surface area contributed by atoms with Crippen LogP contribution in [0.4, 0.5) is 0 Å². The number of benzene rings is 1. The lowest BCUT2D eigenvalue weighted by Crippen LogP contribution is -2.02. The largest absolute Gasteiger partial charge is 0.477 e. The summed E-state index contributed by atoms with van der Waals surface area (Å²) in [5.74, 6) is -0.321. The van der Waals surface area contributed by atoms with Crippen LogP contribution in [0.25, 0.3) is 0 Å². The highest BCUT2D eigenvalue weighted by Crippen LogP contribution is 2.26. The third-order valence-electron chi connectivity index (χ3n) is 2.55. The number of ether oxygens (including phenoxy) is 1. The predicted molar refractivity (Wildman–Crippen MR) is 67.2 cm³/mol. The second-order valence-electron chi connectivity index (χ2n) is 4.03. The summed E-state index contributed by atoms with van der Waals surface area (Å²) in [5, 5.41) is 9.05. The van der Waals surface area contributed by atoms with E-state index in [1.807, 2.05) is 32.0 Å². The highest BCUT2D eigenvalue weighted by Gasteiger charge is 2.13. The summed E-state index contributed by atoms with van der Waals surface area (Å²) < 4.78 is 5.59. The Hall–Kier alpha value is -2.36. The molecule has 0 spiro atoms. The zero-order valence-corrected chi connectivity index (χ0v) is 10.2. The molecule has 4 nitrogen and oxygen atoms in total. The van der Waals surface area contributed by atoms with E-state index in [0.717, 1.165) is 11.1 Å².